The van der Waals surface area contributed by atoms with Gasteiger partial charge in [0.05, 0.1) is 5.69 Å². The third-order valence-electron chi connectivity index (χ3n) is 5.81. The quantitative estimate of drug-likeness (QED) is 0.661. The fourth-order valence-electron chi connectivity index (χ4n) is 4.16. The molecule has 0 bridgehead atoms. The molecule has 1 saturated heterocycles. The van der Waals surface area contributed by atoms with Crippen molar-refractivity contribution in [2.75, 3.05) is 25.0 Å². The Morgan fingerprint density at radius 1 is 1.04 bits per heavy atom. The third-order valence-corrected chi connectivity index (χ3v) is 5.81. The smallest absolute Gasteiger partial charge is 0.123 e. The molecule has 2 aromatic carbocycles. The molecule has 0 saturated carbocycles. The number of anilines is 1. The van der Waals surface area contributed by atoms with Gasteiger partial charge in [-0.25, -0.2) is 4.39 Å². The fourth-order valence-corrected chi connectivity index (χ4v) is 4.16. The molecule has 146 valence electrons. The van der Waals surface area contributed by atoms with E-state index in [2.05, 4.69) is 52.3 Å². The summed E-state index contributed by atoms with van der Waals surface area (Å²) in [5.74, 6) is -0.176. The van der Waals surface area contributed by atoms with Gasteiger partial charge in [0.1, 0.15) is 5.82 Å². The zero-order chi connectivity index (χ0) is 19.5. The van der Waals surface area contributed by atoms with Crippen molar-refractivity contribution in [3.8, 4) is 11.3 Å². The lowest BCUT2D eigenvalue weighted by atomic mass is 10.00. The topological polar surface area (TPSA) is 24.3 Å². The van der Waals surface area contributed by atoms with Crippen LogP contribution in [0.1, 0.15) is 18.4 Å². The first-order valence-corrected chi connectivity index (χ1v) is 9.89. The highest BCUT2D eigenvalue weighted by Gasteiger charge is 2.23. The van der Waals surface area contributed by atoms with Crippen molar-refractivity contribution >= 4 is 5.69 Å². The first-order chi connectivity index (χ1) is 13.6. The molecule has 1 aliphatic rings. The Labute approximate surface area is 166 Å². The van der Waals surface area contributed by atoms with E-state index >= 15 is 0 Å². The second kappa shape index (κ2) is 8.15. The van der Waals surface area contributed by atoms with Gasteiger partial charge in [0, 0.05) is 50.2 Å². The van der Waals surface area contributed by atoms with E-state index in [-0.39, 0.29) is 5.82 Å². The van der Waals surface area contributed by atoms with Crippen LogP contribution in [0.3, 0.4) is 0 Å². The van der Waals surface area contributed by atoms with Gasteiger partial charge in [-0.15, -0.1) is 0 Å². The second-order valence-electron chi connectivity index (χ2n) is 7.61. The lowest BCUT2D eigenvalue weighted by Crippen LogP contribution is -2.43. The molecule has 0 aliphatic carbocycles. The van der Waals surface area contributed by atoms with Crippen LogP contribution in [0.15, 0.2) is 60.8 Å². The van der Waals surface area contributed by atoms with E-state index in [1.165, 1.54) is 11.1 Å². The highest BCUT2D eigenvalue weighted by Crippen LogP contribution is 2.27. The summed E-state index contributed by atoms with van der Waals surface area (Å²) in [6.45, 7) is 2.93. The Balaban J connectivity index is 1.41. The summed E-state index contributed by atoms with van der Waals surface area (Å²) in [4.78, 5) is 4.82. The molecule has 0 amide bonds. The van der Waals surface area contributed by atoms with Crippen LogP contribution < -0.4 is 4.90 Å². The maximum absolute atomic E-state index is 13.2. The summed E-state index contributed by atoms with van der Waals surface area (Å²) >= 11 is 0. The van der Waals surface area contributed by atoms with Crippen molar-refractivity contribution < 1.29 is 4.39 Å². The van der Waals surface area contributed by atoms with Gasteiger partial charge in [-0.1, -0.05) is 24.3 Å². The molecule has 0 spiro atoms. The van der Waals surface area contributed by atoms with Crippen molar-refractivity contribution in [2.24, 2.45) is 7.05 Å². The summed E-state index contributed by atoms with van der Waals surface area (Å²) in [5, 5.41) is 4.32. The summed E-state index contributed by atoms with van der Waals surface area (Å²) < 4.78 is 15.1. The van der Waals surface area contributed by atoms with Gasteiger partial charge in [0.2, 0.25) is 0 Å². The molecular formula is C23H27FN4. The van der Waals surface area contributed by atoms with Crippen molar-refractivity contribution in [1.29, 1.82) is 0 Å². The molecule has 5 heteroatoms. The molecule has 1 fully saturated rings. The molecule has 1 aromatic heterocycles. The molecule has 28 heavy (non-hydrogen) atoms. The molecule has 0 atom stereocenters. The maximum Gasteiger partial charge on any atom is 0.123 e. The lowest BCUT2D eigenvalue weighted by Gasteiger charge is -2.38. The number of hydrogen-bond acceptors (Lipinski definition) is 3. The molecule has 3 aromatic rings. The predicted octanol–water partition coefficient (Wildman–Crippen LogP) is 4.33. The van der Waals surface area contributed by atoms with Gasteiger partial charge < -0.3 is 4.90 Å². The Kier molecular flexibility index (Phi) is 5.44. The SMILES string of the molecule is CN(Cc1ccccc1-c1ccnn1C)C1CCN(c2ccc(F)cc2)CC1. The van der Waals surface area contributed by atoms with Gasteiger partial charge in [-0.2, -0.15) is 5.10 Å². The van der Waals surface area contributed by atoms with E-state index in [0.29, 0.717) is 6.04 Å². The third kappa shape index (κ3) is 3.94. The first kappa shape index (κ1) is 18.7. The lowest BCUT2D eigenvalue weighted by molar-refractivity contribution is 0.200. The van der Waals surface area contributed by atoms with Crippen LogP contribution in [0.25, 0.3) is 11.3 Å². The van der Waals surface area contributed by atoms with Crippen molar-refractivity contribution in [1.82, 2.24) is 14.7 Å². The maximum atomic E-state index is 13.2. The average Bonchev–Trinajstić information content (AvgIpc) is 3.15. The minimum absolute atomic E-state index is 0.176. The molecule has 0 radical (unpaired) electrons. The van der Waals surface area contributed by atoms with Crippen molar-refractivity contribution in [3.05, 3.63) is 72.2 Å². The second-order valence-corrected chi connectivity index (χ2v) is 7.61. The average molecular weight is 378 g/mol. The summed E-state index contributed by atoms with van der Waals surface area (Å²) in [5.41, 5.74) is 4.84. The van der Waals surface area contributed by atoms with Gasteiger partial charge >= 0.3 is 0 Å². The summed E-state index contributed by atoms with van der Waals surface area (Å²) in [6.07, 6.45) is 4.07. The first-order valence-electron chi connectivity index (χ1n) is 9.89. The van der Waals surface area contributed by atoms with E-state index in [1.807, 2.05) is 30.1 Å². The number of hydrogen-bond donors (Lipinski definition) is 0. The number of aryl methyl sites for hydroxylation is 1. The van der Waals surface area contributed by atoms with Crippen LogP contribution in [-0.2, 0) is 13.6 Å². The molecular weight excluding hydrogens is 351 g/mol. The minimum Gasteiger partial charge on any atom is -0.371 e. The summed E-state index contributed by atoms with van der Waals surface area (Å²) in [6, 6.07) is 18.1. The molecule has 0 unspecified atom stereocenters. The monoisotopic (exact) mass is 378 g/mol. The normalized spacial score (nSPS) is 15.4. The van der Waals surface area contributed by atoms with E-state index in [9.17, 15) is 4.39 Å². The molecule has 4 nitrogen and oxygen atoms in total. The number of aromatic nitrogens is 2. The van der Waals surface area contributed by atoms with E-state index in [4.69, 9.17) is 0 Å². The Morgan fingerprint density at radius 2 is 1.75 bits per heavy atom. The number of piperidine rings is 1. The molecule has 2 heterocycles. The Bertz CT molecular complexity index is 910. The van der Waals surface area contributed by atoms with Crippen LogP contribution in [0.4, 0.5) is 10.1 Å². The van der Waals surface area contributed by atoms with Crippen LogP contribution in [0.2, 0.25) is 0 Å². The van der Waals surface area contributed by atoms with Gasteiger partial charge in [0.15, 0.2) is 0 Å². The van der Waals surface area contributed by atoms with Gasteiger partial charge in [0.25, 0.3) is 0 Å². The fraction of sp³-hybridized carbons (Fsp3) is 0.348. The zero-order valence-corrected chi connectivity index (χ0v) is 16.6. The van der Waals surface area contributed by atoms with E-state index in [0.717, 1.165) is 43.9 Å². The highest BCUT2D eigenvalue weighted by atomic mass is 19.1. The van der Waals surface area contributed by atoms with E-state index in [1.54, 1.807) is 12.1 Å². The van der Waals surface area contributed by atoms with Crippen LogP contribution >= 0.6 is 0 Å². The molecule has 1 aliphatic heterocycles. The van der Waals surface area contributed by atoms with Crippen molar-refractivity contribution in [3.63, 3.8) is 0 Å². The standard InChI is InChI=1S/C23H27FN4/c1-26(17-18-5-3-4-6-22(18)23-11-14-25-27(23)2)20-12-15-28(16-13-20)21-9-7-19(24)8-10-21/h3-11,14,20H,12-13,15-17H2,1-2H3. The van der Waals surface area contributed by atoms with E-state index < -0.39 is 0 Å². The number of rotatable bonds is 5. The zero-order valence-electron chi connectivity index (χ0n) is 16.6. The number of benzene rings is 2. The highest BCUT2D eigenvalue weighted by molar-refractivity contribution is 5.63. The van der Waals surface area contributed by atoms with Crippen LogP contribution in [0.5, 0.6) is 0 Å². The minimum atomic E-state index is -0.176. The van der Waals surface area contributed by atoms with Gasteiger partial charge in [-0.05, 0) is 55.8 Å². The number of nitrogens with zero attached hydrogens (tertiary/aromatic N) is 4. The molecule has 4 rings (SSSR count). The largest absolute Gasteiger partial charge is 0.371 e. The van der Waals surface area contributed by atoms with Crippen LogP contribution in [0, 0.1) is 5.82 Å². The summed E-state index contributed by atoms with van der Waals surface area (Å²) in [7, 11) is 4.21. The van der Waals surface area contributed by atoms with Crippen LogP contribution in [-0.4, -0.2) is 40.9 Å². The molecule has 0 N–H and O–H groups in total. The van der Waals surface area contributed by atoms with Gasteiger partial charge in [-0.3, -0.25) is 9.58 Å². The Hall–Kier alpha value is -2.66. The van der Waals surface area contributed by atoms with Crippen molar-refractivity contribution in [2.45, 2.75) is 25.4 Å². The predicted molar refractivity (Wildman–Crippen MR) is 112 cm³/mol. The Morgan fingerprint density at radius 3 is 2.43 bits per heavy atom. The number of halogens is 1.